The Labute approximate surface area is 160 Å². The monoisotopic (exact) mass is 375 g/mol. The normalized spacial score (nSPS) is 15.5. The molecule has 3 aromatic rings. The molecule has 28 heavy (non-hydrogen) atoms. The second kappa shape index (κ2) is 6.67. The molecule has 7 heteroatoms. The van der Waals surface area contributed by atoms with Gasteiger partial charge in [0.1, 0.15) is 28.9 Å². The van der Waals surface area contributed by atoms with Gasteiger partial charge in [0, 0.05) is 11.5 Å². The zero-order chi connectivity index (χ0) is 19.8. The molecule has 0 saturated heterocycles. The third kappa shape index (κ3) is 2.63. The molecule has 0 unspecified atom stereocenters. The van der Waals surface area contributed by atoms with Crippen LogP contribution >= 0.6 is 0 Å². The lowest BCUT2D eigenvalue weighted by Crippen LogP contribution is -2.27. The minimum atomic E-state index is -0.717. The number of hydrogen-bond donors (Lipinski definition) is 2. The summed E-state index contributed by atoms with van der Waals surface area (Å²) in [6.45, 7) is 0. The van der Waals surface area contributed by atoms with Gasteiger partial charge in [-0.05, 0) is 29.8 Å². The number of methoxy groups -OCH3 is 2. The van der Waals surface area contributed by atoms with E-state index in [1.54, 1.807) is 24.3 Å². The van der Waals surface area contributed by atoms with E-state index in [2.05, 4.69) is 11.1 Å². The number of rotatable bonds is 3. The molecular formula is C21H17N3O4. The van der Waals surface area contributed by atoms with E-state index < -0.39 is 5.92 Å². The maximum Gasteiger partial charge on any atom is 0.256 e. The second-order valence-electron chi connectivity index (χ2n) is 6.31. The lowest BCUT2D eigenvalue weighted by atomic mass is 9.83. The molecule has 1 aliphatic heterocycles. The van der Waals surface area contributed by atoms with Crippen molar-refractivity contribution in [2.24, 2.45) is 5.73 Å². The fourth-order valence-corrected chi connectivity index (χ4v) is 3.50. The van der Waals surface area contributed by atoms with E-state index in [4.69, 9.17) is 19.9 Å². The van der Waals surface area contributed by atoms with Gasteiger partial charge in [0.15, 0.2) is 0 Å². The molecule has 3 N–H and O–H groups in total. The maximum atomic E-state index is 13.0. The number of pyridine rings is 1. The van der Waals surface area contributed by atoms with Crippen molar-refractivity contribution in [1.82, 2.24) is 4.98 Å². The zero-order valence-corrected chi connectivity index (χ0v) is 15.3. The summed E-state index contributed by atoms with van der Waals surface area (Å²) in [5.74, 6) is 0.678. The fourth-order valence-electron chi connectivity index (χ4n) is 3.50. The van der Waals surface area contributed by atoms with Crippen LogP contribution in [0.4, 0.5) is 0 Å². The van der Waals surface area contributed by atoms with Crippen LogP contribution in [0.1, 0.15) is 17.0 Å². The van der Waals surface area contributed by atoms with Crippen LogP contribution in [0.15, 0.2) is 58.7 Å². The Hall–Kier alpha value is -3.92. The quantitative estimate of drug-likeness (QED) is 0.728. The fraction of sp³-hybridized carbons (Fsp3) is 0.143. The van der Waals surface area contributed by atoms with E-state index in [-0.39, 0.29) is 17.0 Å². The number of aromatic amines is 1. The van der Waals surface area contributed by atoms with Crippen molar-refractivity contribution in [3.8, 4) is 23.3 Å². The summed E-state index contributed by atoms with van der Waals surface area (Å²) in [6.07, 6.45) is 0. The molecule has 2 heterocycles. The van der Waals surface area contributed by atoms with Crippen LogP contribution in [0.5, 0.6) is 17.2 Å². The van der Waals surface area contributed by atoms with Crippen molar-refractivity contribution in [1.29, 1.82) is 5.26 Å². The number of nitrogens with two attached hydrogens (primary N) is 1. The van der Waals surface area contributed by atoms with Crippen molar-refractivity contribution >= 4 is 10.9 Å². The second-order valence-corrected chi connectivity index (χ2v) is 6.31. The van der Waals surface area contributed by atoms with Gasteiger partial charge in [-0.25, -0.2) is 0 Å². The molecule has 0 bridgehead atoms. The van der Waals surface area contributed by atoms with Gasteiger partial charge in [0.05, 0.1) is 31.2 Å². The predicted molar refractivity (Wildman–Crippen MR) is 103 cm³/mol. The minimum absolute atomic E-state index is 0.0301. The summed E-state index contributed by atoms with van der Waals surface area (Å²) in [7, 11) is 3.07. The Morgan fingerprint density at radius 1 is 1.14 bits per heavy atom. The first kappa shape index (κ1) is 17.5. The highest BCUT2D eigenvalue weighted by Crippen LogP contribution is 2.44. The number of benzene rings is 2. The highest BCUT2D eigenvalue weighted by molar-refractivity contribution is 5.87. The standard InChI is InChI=1S/C21H17N3O4/c1-26-12-7-11(8-13(9-12)27-2)17-15(10-22)20(23)28-19-14-5-3-4-6-16(14)24-21(25)18(17)19/h3-9,17H,23H2,1-2H3,(H,24,25)/t17-/m1/s1. The molecule has 0 aliphatic carbocycles. The van der Waals surface area contributed by atoms with Gasteiger partial charge in [-0.1, -0.05) is 12.1 Å². The van der Waals surface area contributed by atoms with Crippen LogP contribution in [-0.2, 0) is 0 Å². The number of nitrogens with one attached hydrogen (secondary N) is 1. The highest BCUT2D eigenvalue weighted by Gasteiger charge is 2.35. The lowest BCUT2D eigenvalue weighted by molar-refractivity contribution is 0.389. The number of H-pyrrole nitrogens is 1. The Morgan fingerprint density at radius 3 is 2.46 bits per heavy atom. The topological polar surface area (TPSA) is 110 Å². The van der Waals surface area contributed by atoms with Crippen LogP contribution in [0.2, 0.25) is 0 Å². The maximum absolute atomic E-state index is 13.0. The molecule has 7 nitrogen and oxygen atoms in total. The van der Waals surface area contributed by atoms with Gasteiger partial charge in [0.2, 0.25) is 5.88 Å². The summed E-state index contributed by atoms with van der Waals surface area (Å²) >= 11 is 0. The van der Waals surface area contributed by atoms with Crippen molar-refractivity contribution < 1.29 is 14.2 Å². The number of aromatic nitrogens is 1. The van der Waals surface area contributed by atoms with E-state index in [0.29, 0.717) is 39.3 Å². The number of nitrogens with zero attached hydrogens (tertiary/aromatic N) is 1. The van der Waals surface area contributed by atoms with Crippen molar-refractivity contribution in [3.63, 3.8) is 0 Å². The Bertz CT molecular complexity index is 1200. The number of nitriles is 1. The SMILES string of the molecule is COc1cc(OC)cc([C@@H]2C(C#N)=C(N)Oc3c2c(=O)[nH]c2ccccc32)c1. The lowest BCUT2D eigenvalue weighted by Gasteiger charge is -2.27. The van der Waals surface area contributed by atoms with E-state index >= 15 is 0 Å². The highest BCUT2D eigenvalue weighted by atomic mass is 16.5. The first-order chi connectivity index (χ1) is 13.6. The summed E-state index contributed by atoms with van der Waals surface area (Å²) in [6, 6.07) is 14.6. The summed E-state index contributed by atoms with van der Waals surface area (Å²) < 4.78 is 16.4. The van der Waals surface area contributed by atoms with Gasteiger partial charge in [0.25, 0.3) is 5.56 Å². The van der Waals surface area contributed by atoms with Crippen LogP contribution in [0, 0.1) is 11.3 Å². The number of hydrogen-bond acceptors (Lipinski definition) is 6. The smallest absolute Gasteiger partial charge is 0.256 e. The molecule has 1 aromatic heterocycles. The number of fused-ring (bicyclic) bond motifs is 3. The van der Waals surface area contributed by atoms with Crippen LogP contribution in [0.25, 0.3) is 10.9 Å². The van der Waals surface area contributed by atoms with Gasteiger partial charge >= 0.3 is 0 Å². The molecule has 1 aliphatic rings. The molecule has 0 saturated carbocycles. The minimum Gasteiger partial charge on any atom is -0.497 e. The summed E-state index contributed by atoms with van der Waals surface area (Å²) in [4.78, 5) is 15.8. The molecule has 4 rings (SSSR count). The molecule has 0 radical (unpaired) electrons. The average Bonchev–Trinajstić information content (AvgIpc) is 2.72. The van der Waals surface area contributed by atoms with Gasteiger partial charge in [-0.3, -0.25) is 4.79 Å². The van der Waals surface area contributed by atoms with Gasteiger partial charge in [-0.2, -0.15) is 5.26 Å². The van der Waals surface area contributed by atoms with Crippen molar-refractivity contribution in [2.75, 3.05) is 14.2 Å². The van der Waals surface area contributed by atoms with Crippen LogP contribution in [0.3, 0.4) is 0 Å². The number of ether oxygens (including phenoxy) is 3. The van der Waals surface area contributed by atoms with E-state index in [1.165, 1.54) is 14.2 Å². The number of allylic oxidation sites excluding steroid dienone is 1. The third-order valence-electron chi connectivity index (χ3n) is 4.79. The average molecular weight is 375 g/mol. The van der Waals surface area contributed by atoms with Gasteiger partial charge in [-0.15, -0.1) is 0 Å². The van der Waals surface area contributed by atoms with Crippen molar-refractivity contribution in [2.45, 2.75) is 5.92 Å². The molecule has 140 valence electrons. The number of para-hydroxylation sites is 1. The summed E-state index contributed by atoms with van der Waals surface area (Å²) in [5.41, 5.74) is 7.47. The molecular weight excluding hydrogens is 358 g/mol. The third-order valence-corrected chi connectivity index (χ3v) is 4.79. The molecule has 0 amide bonds. The zero-order valence-electron chi connectivity index (χ0n) is 15.3. The molecule has 2 aromatic carbocycles. The molecule has 0 fully saturated rings. The molecule has 1 atom stereocenters. The summed E-state index contributed by atoms with van der Waals surface area (Å²) in [5, 5.41) is 10.4. The van der Waals surface area contributed by atoms with Crippen molar-refractivity contribution in [3.05, 3.63) is 75.4 Å². The van der Waals surface area contributed by atoms with Crippen LogP contribution < -0.4 is 25.5 Å². The Balaban J connectivity index is 2.07. The molecule has 0 spiro atoms. The van der Waals surface area contributed by atoms with E-state index in [0.717, 1.165) is 0 Å². The van der Waals surface area contributed by atoms with Gasteiger partial charge < -0.3 is 24.9 Å². The van der Waals surface area contributed by atoms with E-state index in [9.17, 15) is 10.1 Å². The predicted octanol–water partition coefficient (Wildman–Crippen LogP) is 2.76. The Kier molecular flexibility index (Phi) is 4.17. The van der Waals surface area contributed by atoms with E-state index in [1.807, 2.05) is 18.2 Å². The largest absolute Gasteiger partial charge is 0.497 e. The first-order valence-corrected chi connectivity index (χ1v) is 8.52. The Morgan fingerprint density at radius 2 is 1.82 bits per heavy atom. The van der Waals surface area contributed by atoms with Crippen LogP contribution in [-0.4, -0.2) is 19.2 Å². The first-order valence-electron chi connectivity index (χ1n) is 8.52.